The van der Waals surface area contributed by atoms with Crippen molar-refractivity contribution in [2.45, 2.75) is 20.4 Å². The molecule has 0 atom stereocenters. The molecule has 0 spiro atoms. The Morgan fingerprint density at radius 2 is 2.04 bits per heavy atom. The molecule has 0 amide bonds. The Hall–Kier alpha value is -2.78. The zero-order valence-electron chi connectivity index (χ0n) is 15.3. The minimum atomic E-state index is -0.268. The number of rotatable bonds is 6. The van der Waals surface area contributed by atoms with Crippen LogP contribution < -0.4 is 10.9 Å². The zero-order valence-corrected chi connectivity index (χ0v) is 16.9. The van der Waals surface area contributed by atoms with Crippen LogP contribution in [0.15, 0.2) is 41.3 Å². The quantitative estimate of drug-likeness (QED) is 0.520. The van der Waals surface area contributed by atoms with Crippen LogP contribution in [-0.4, -0.2) is 36.1 Å². The summed E-state index contributed by atoms with van der Waals surface area (Å²) in [6.45, 7) is 5.26. The maximum Gasteiger partial charge on any atom is 0.289 e. The van der Waals surface area contributed by atoms with Gasteiger partial charge in [0.25, 0.3) is 5.56 Å². The molecule has 0 aliphatic carbocycles. The largest absolute Gasteiger partial charge is 0.355 e. The molecule has 8 nitrogen and oxygen atoms in total. The highest BCUT2D eigenvalue weighted by molar-refractivity contribution is 7.15. The highest BCUT2D eigenvalue weighted by atomic mass is 35.5. The van der Waals surface area contributed by atoms with Gasteiger partial charge in [-0.2, -0.15) is 4.98 Å². The maximum atomic E-state index is 13.2. The Bertz CT molecular complexity index is 1170. The van der Waals surface area contributed by atoms with Crippen LogP contribution in [0.25, 0.3) is 16.9 Å². The van der Waals surface area contributed by atoms with Crippen molar-refractivity contribution < 1.29 is 0 Å². The summed E-state index contributed by atoms with van der Waals surface area (Å²) in [5.74, 6) is 0.850. The Morgan fingerprint density at radius 1 is 1.25 bits per heavy atom. The van der Waals surface area contributed by atoms with Crippen molar-refractivity contribution in [1.29, 1.82) is 0 Å². The Labute approximate surface area is 169 Å². The standard InChI is InChI=1S/C18H18ClN7OS/c1-11(2)8-21-18-22-15-14(16(27)26(18)12-6-4-3-5-7-12)23-24-25(15)10-13-9-20-17(19)28-13/h3-7,9,11H,8,10H2,1-2H3,(H,21,22). The lowest BCUT2D eigenvalue weighted by atomic mass is 10.2. The number of nitrogens with one attached hydrogen (secondary N) is 1. The van der Waals surface area contributed by atoms with Crippen molar-refractivity contribution >= 4 is 40.0 Å². The van der Waals surface area contributed by atoms with Crippen LogP contribution in [0, 0.1) is 5.92 Å². The monoisotopic (exact) mass is 415 g/mol. The second kappa shape index (κ2) is 7.69. The molecule has 0 aliphatic heterocycles. The number of fused-ring (bicyclic) bond motifs is 1. The smallest absolute Gasteiger partial charge is 0.289 e. The second-order valence-electron chi connectivity index (χ2n) is 6.69. The number of nitrogens with zero attached hydrogens (tertiary/aromatic N) is 6. The van der Waals surface area contributed by atoms with E-state index in [0.717, 1.165) is 10.6 Å². The number of aromatic nitrogens is 6. The lowest BCUT2D eigenvalue weighted by Crippen LogP contribution is -2.25. The number of halogens is 1. The van der Waals surface area contributed by atoms with E-state index in [1.807, 2.05) is 30.3 Å². The summed E-state index contributed by atoms with van der Waals surface area (Å²) in [4.78, 5) is 22.8. The molecule has 0 aliphatic rings. The van der Waals surface area contributed by atoms with Gasteiger partial charge in [-0.3, -0.25) is 4.79 Å². The molecule has 3 heterocycles. The van der Waals surface area contributed by atoms with Crippen LogP contribution in [-0.2, 0) is 6.54 Å². The molecule has 3 aromatic heterocycles. The molecule has 0 radical (unpaired) electrons. The van der Waals surface area contributed by atoms with Gasteiger partial charge >= 0.3 is 0 Å². The fourth-order valence-corrected chi connectivity index (χ4v) is 3.71. The lowest BCUT2D eigenvalue weighted by Gasteiger charge is -2.15. The van der Waals surface area contributed by atoms with Crippen LogP contribution in [0.4, 0.5) is 5.95 Å². The third-order valence-corrected chi connectivity index (χ3v) is 5.15. The van der Waals surface area contributed by atoms with Gasteiger partial charge in [0.15, 0.2) is 15.6 Å². The van der Waals surface area contributed by atoms with Gasteiger partial charge in [-0.25, -0.2) is 14.2 Å². The van der Waals surface area contributed by atoms with Crippen molar-refractivity contribution in [3.05, 3.63) is 56.2 Å². The van der Waals surface area contributed by atoms with Gasteiger partial charge in [-0.1, -0.05) is 48.9 Å². The van der Waals surface area contributed by atoms with Gasteiger partial charge < -0.3 is 5.32 Å². The van der Waals surface area contributed by atoms with Crippen molar-refractivity contribution in [3.63, 3.8) is 0 Å². The molecule has 0 fully saturated rings. The van der Waals surface area contributed by atoms with E-state index in [1.165, 1.54) is 15.9 Å². The summed E-state index contributed by atoms with van der Waals surface area (Å²) >= 11 is 7.27. The Kier molecular flexibility index (Phi) is 5.10. The summed E-state index contributed by atoms with van der Waals surface area (Å²) in [7, 11) is 0. The number of thiazole rings is 1. The normalized spacial score (nSPS) is 11.4. The molecule has 10 heteroatoms. The molecule has 144 valence electrons. The average Bonchev–Trinajstić information content (AvgIpc) is 3.27. The first kappa shape index (κ1) is 18.6. The number of hydrogen-bond acceptors (Lipinski definition) is 7. The van der Waals surface area contributed by atoms with Gasteiger partial charge in [-0.15, -0.1) is 16.4 Å². The van der Waals surface area contributed by atoms with E-state index >= 15 is 0 Å². The summed E-state index contributed by atoms with van der Waals surface area (Å²) in [6, 6.07) is 9.38. The van der Waals surface area contributed by atoms with Gasteiger partial charge in [0, 0.05) is 17.6 Å². The minimum Gasteiger partial charge on any atom is -0.355 e. The molecule has 0 unspecified atom stereocenters. The highest BCUT2D eigenvalue weighted by Crippen LogP contribution is 2.20. The number of anilines is 1. The third kappa shape index (κ3) is 3.63. The maximum absolute atomic E-state index is 13.2. The van der Waals surface area contributed by atoms with Crippen LogP contribution in [0.5, 0.6) is 0 Å². The molecule has 0 bridgehead atoms. The molecule has 4 aromatic rings. The van der Waals surface area contributed by atoms with Crippen LogP contribution in [0.2, 0.25) is 4.47 Å². The number of para-hydroxylation sites is 1. The molecule has 0 saturated carbocycles. The lowest BCUT2D eigenvalue weighted by molar-refractivity contribution is 0.667. The molecule has 1 N–H and O–H groups in total. The topological polar surface area (TPSA) is 90.5 Å². The fraction of sp³-hybridized carbons (Fsp3) is 0.278. The predicted octanol–water partition coefficient (Wildman–Crippen LogP) is 3.20. The van der Waals surface area contributed by atoms with Gasteiger partial charge in [0.05, 0.1) is 12.2 Å². The second-order valence-corrected chi connectivity index (χ2v) is 8.38. The van der Waals surface area contributed by atoms with E-state index in [0.29, 0.717) is 35.1 Å². The third-order valence-electron chi connectivity index (χ3n) is 4.05. The van der Waals surface area contributed by atoms with E-state index in [9.17, 15) is 4.79 Å². The van der Waals surface area contributed by atoms with E-state index in [-0.39, 0.29) is 11.1 Å². The number of hydrogen-bond donors (Lipinski definition) is 1. The fourth-order valence-electron chi connectivity index (χ4n) is 2.75. The van der Waals surface area contributed by atoms with Crippen molar-refractivity contribution in [2.24, 2.45) is 5.92 Å². The SMILES string of the molecule is CC(C)CNc1nc2c(nnn2Cc2cnc(Cl)s2)c(=O)n1-c1ccccc1. The summed E-state index contributed by atoms with van der Waals surface area (Å²) in [6.07, 6.45) is 1.68. The highest BCUT2D eigenvalue weighted by Gasteiger charge is 2.18. The van der Waals surface area contributed by atoms with Gasteiger partial charge in [-0.05, 0) is 18.1 Å². The van der Waals surface area contributed by atoms with Crippen LogP contribution in [0.3, 0.4) is 0 Å². The zero-order chi connectivity index (χ0) is 19.7. The van der Waals surface area contributed by atoms with Crippen LogP contribution >= 0.6 is 22.9 Å². The van der Waals surface area contributed by atoms with E-state index < -0.39 is 0 Å². The first-order chi connectivity index (χ1) is 13.5. The molecule has 0 saturated heterocycles. The Morgan fingerprint density at radius 3 is 2.71 bits per heavy atom. The Balaban J connectivity index is 1.85. The van der Waals surface area contributed by atoms with E-state index in [1.54, 1.807) is 10.9 Å². The van der Waals surface area contributed by atoms with Crippen molar-refractivity contribution in [2.75, 3.05) is 11.9 Å². The molecule has 4 rings (SSSR count). The molecular formula is C18H18ClN7OS. The molecule has 1 aromatic carbocycles. The molecular weight excluding hydrogens is 398 g/mol. The summed E-state index contributed by atoms with van der Waals surface area (Å²) < 4.78 is 3.59. The van der Waals surface area contributed by atoms with E-state index in [4.69, 9.17) is 11.6 Å². The van der Waals surface area contributed by atoms with Gasteiger partial charge in [0.1, 0.15) is 0 Å². The van der Waals surface area contributed by atoms with E-state index in [2.05, 4.69) is 39.4 Å². The first-order valence-electron chi connectivity index (χ1n) is 8.78. The summed E-state index contributed by atoms with van der Waals surface area (Å²) in [5, 5.41) is 11.5. The first-order valence-corrected chi connectivity index (χ1v) is 9.98. The average molecular weight is 416 g/mol. The minimum absolute atomic E-state index is 0.217. The van der Waals surface area contributed by atoms with Gasteiger partial charge in [0.2, 0.25) is 5.95 Å². The molecule has 28 heavy (non-hydrogen) atoms. The van der Waals surface area contributed by atoms with Crippen LogP contribution in [0.1, 0.15) is 18.7 Å². The van der Waals surface area contributed by atoms with Crippen molar-refractivity contribution in [3.8, 4) is 5.69 Å². The number of benzene rings is 1. The predicted molar refractivity (Wildman–Crippen MR) is 110 cm³/mol. The van der Waals surface area contributed by atoms with Crippen molar-refractivity contribution in [1.82, 2.24) is 29.5 Å². The summed E-state index contributed by atoms with van der Waals surface area (Å²) in [5.41, 5.74) is 1.09.